The number of sulfonamides is 1. The zero-order valence-corrected chi connectivity index (χ0v) is 28.7. The highest BCUT2D eigenvalue weighted by Gasteiger charge is 2.50. The van der Waals surface area contributed by atoms with Crippen molar-refractivity contribution >= 4 is 21.8 Å². The SMILES string of the molecule is CON=C(C)CCC(C)(C)C[C@@H](NS(=O)(=O)c1ccc2c(c1)OCCO2)[C@H](O)[C@H](Cc1ccccc1)N(C(=O)O)C1CO[C@H]2OCC[C@@H]12. The van der Waals surface area contributed by atoms with Crippen molar-refractivity contribution < 1.29 is 47.2 Å². The maximum atomic E-state index is 14.0. The minimum Gasteiger partial charge on any atom is -0.486 e. The lowest BCUT2D eigenvalue weighted by Gasteiger charge is -2.42. The predicted octanol–water partition coefficient (Wildman–Crippen LogP) is 4.04. The number of ether oxygens (including phenoxy) is 4. The molecule has 0 bridgehead atoms. The van der Waals surface area contributed by atoms with Crippen LogP contribution in [0.3, 0.4) is 0 Å². The van der Waals surface area contributed by atoms with Crippen LogP contribution >= 0.6 is 0 Å². The third-order valence-electron chi connectivity index (χ3n) is 9.35. The van der Waals surface area contributed by atoms with Gasteiger partial charge >= 0.3 is 6.09 Å². The Morgan fingerprint density at radius 3 is 2.54 bits per heavy atom. The van der Waals surface area contributed by atoms with Gasteiger partial charge in [0.2, 0.25) is 10.0 Å². The number of carboxylic acid groups (broad SMARTS) is 1. The number of hydrogen-bond donors (Lipinski definition) is 3. The second-order valence-corrected chi connectivity index (χ2v) is 15.2. The molecule has 2 fully saturated rings. The summed E-state index contributed by atoms with van der Waals surface area (Å²) in [7, 11) is -2.76. The molecule has 48 heavy (non-hydrogen) atoms. The predicted molar refractivity (Wildman–Crippen MR) is 177 cm³/mol. The lowest BCUT2D eigenvalue weighted by Crippen LogP contribution is -2.60. The Bertz CT molecular complexity index is 1540. The van der Waals surface area contributed by atoms with Crippen molar-refractivity contribution in [2.45, 2.75) is 88.3 Å². The largest absolute Gasteiger partial charge is 0.486 e. The molecule has 1 amide bonds. The summed E-state index contributed by atoms with van der Waals surface area (Å²) in [6, 6.07) is 10.9. The summed E-state index contributed by atoms with van der Waals surface area (Å²) in [4.78, 5) is 19.3. The number of rotatable bonds is 15. The molecular formula is C34H47N3O10S. The zero-order chi connectivity index (χ0) is 34.5. The molecule has 3 N–H and O–H groups in total. The monoisotopic (exact) mass is 689 g/mol. The summed E-state index contributed by atoms with van der Waals surface area (Å²) in [6.07, 6.45) is -1.08. The third-order valence-corrected chi connectivity index (χ3v) is 10.8. The van der Waals surface area contributed by atoms with E-state index in [0.717, 1.165) is 11.3 Å². The number of nitrogens with one attached hydrogen (secondary N) is 1. The molecule has 1 unspecified atom stereocenters. The van der Waals surface area contributed by atoms with Crippen LogP contribution in [0.25, 0.3) is 0 Å². The molecule has 0 spiro atoms. The van der Waals surface area contributed by atoms with E-state index in [0.29, 0.717) is 44.0 Å². The highest BCUT2D eigenvalue weighted by atomic mass is 32.2. The van der Waals surface area contributed by atoms with Gasteiger partial charge in [-0.3, -0.25) is 4.90 Å². The minimum absolute atomic E-state index is 0.0605. The lowest BCUT2D eigenvalue weighted by molar-refractivity contribution is -0.0907. The normalized spacial score (nSPS) is 22.9. The summed E-state index contributed by atoms with van der Waals surface area (Å²) < 4.78 is 53.6. The molecule has 6 atom stereocenters. The molecule has 0 saturated carbocycles. The van der Waals surface area contributed by atoms with Gasteiger partial charge in [-0.15, -0.1) is 0 Å². The van der Waals surface area contributed by atoms with Crippen LogP contribution in [0, 0.1) is 11.3 Å². The van der Waals surface area contributed by atoms with Crippen LogP contribution in [0.1, 0.15) is 52.0 Å². The Morgan fingerprint density at radius 1 is 1.10 bits per heavy atom. The molecule has 0 radical (unpaired) electrons. The Labute approximate surface area is 282 Å². The van der Waals surface area contributed by atoms with Crippen LogP contribution in [-0.4, -0.2) is 99.4 Å². The number of hydrogen-bond acceptors (Lipinski definition) is 10. The zero-order valence-electron chi connectivity index (χ0n) is 27.9. The van der Waals surface area contributed by atoms with E-state index in [4.69, 9.17) is 23.8 Å². The summed E-state index contributed by atoms with van der Waals surface area (Å²) in [6.45, 7) is 7.02. The van der Waals surface area contributed by atoms with E-state index in [-0.39, 0.29) is 36.9 Å². The summed E-state index contributed by atoms with van der Waals surface area (Å²) in [5.41, 5.74) is 1.05. The number of aliphatic hydroxyl groups is 1. The van der Waals surface area contributed by atoms with Crippen molar-refractivity contribution in [1.82, 2.24) is 9.62 Å². The van der Waals surface area contributed by atoms with Crippen molar-refractivity contribution in [1.29, 1.82) is 0 Å². The number of oxime groups is 1. The van der Waals surface area contributed by atoms with Crippen LogP contribution in [-0.2, 0) is 30.8 Å². The topological polar surface area (TPSA) is 165 Å². The molecule has 13 nitrogen and oxygen atoms in total. The fourth-order valence-corrected chi connectivity index (χ4v) is 8.14. The van der Waals surface area contributed by atoms with Gasteiger partial charge in [-0.2, -0.15) is 0 Å². The highest BCUT2D eigenvalue weighted by molar-refractivity contribution is 7.89. The van der Waals surface area contributed by atoms with Gasteiger partial charge in [0.15, 0.2) is 17.8 Å². The fraction of sp³-hybridized carbons (Fsp3) is 0.588. The second-order valence-electron chi connectivity index (χ2n) is 13.4. The Balaban J connectivity index is 1.52. The first-order valence-corrected chi connectivity index (χ1v) is 17.8. The van der Waals surface area contributed by atoms with Crippen molar-refractivity contribution in [3.05, 3.63) is 54.1 Å². The maximum Gasteiger partial charge on any atom is 0.407 e. The average Bonchev–Trinajstić information content (AvgIpc) is 3.68. The van der Waals surface area contributed by atoms with Gasteiger partial charge in [-0.1, -0.05) is 49.3 Å². The number of carbonyl (C=O) groups is 1. The van der Waals surface area contributed by atoms with Crippen LogP contribution in [0.5, 0.6) is 11.5 Å². The molecule has 3 heterocycles. The molecule has 2 aromatic carbocycles. The van der Waals surface area contributed by atoms with E-state index in [1.807, 2.05) is 51.1 Å². The third kappa shape index (κ3) is 8.58. The smallest absolute Gasteiger partial charge is 0.407 e. The molecule has 2 saturated heterocycles. The molecule has 3 aliphatic rings. The second kappa shape index (κ2) is 15.4. The molecular weight excluding hydrogens is 642 g/mol. The lowest BCUT2D eigenvalue weighted by atomic mass is 9.78. The van der Waals surface area contributed by atoms with E-state index in [1.54, 1.807) is 6.07 Å². The Kier molecular flexibility index (Phi) is 11.5. The maximum absolute atomic E-state index is 14.0. The van der Waals surface area contributed by atoms with Gasteiger partial charge in [0.1, 0.15) is 20.3 Å². The first kappa shape index (κ1) is 35.9. The standard InChI is InChI=1S/C34H47N3O10S/c1-22(35-43-4)12-14-34(2,3)20-26(36-48(41,42)24-10-11-29-30(19-24)45-17-16-44-29)31(38)27(18-23-8-6-5-7-9-23)37(33(39)40)28-21-47-32-25(28)13-15-46-32/h5-11,19,25-28,31-32,36,38H,12-18,20-21H2,1-4H3,(H,39,40)/t25-,26+,27-,28?,31-,32+/m0/s1. The molecule has 14 heteroatoms. The molecule has 264 valence electrons. The molecule has 0 aliphatic carbocycles. The van der Waals surface area contributed by atoms with Crippen LogP contribution in [0.4, 0.5) is 4.79 Å². The number of benzene rings is 2. The van der Waals surface area contributed by atoms with Crippen LogP contribution < -0.4 is 14.2 Å². The van der Waals surface area contributed by atoms with Gasteiger partial charge in [0, 0.05) is 12.0 Å². The van der Waals surface area contributed by atoms with E-state index >= 15 is 0 Å². The van der Waals surface area contributed by atoms with Gasteiger partial charge in [-0.05, 0) is 62.1 Å². The van der Waals surface area contributed by atoms with E-state index in [2.05, 4.69) is 9.88 Å². The van der Waals surface area contributed by atoms with Crippen molar-refractivity contribution in [2.75, 3.05) is 33.5 Å². The number of fused-ring (bicyclic) bond motifs is 2. The van der Waals surface area contributed by atoms with E-state index in [9.17, 15) is 23.4 Å². The molecule has 5 rings (SSSR count). The molecule has 0 aromatic heterocycles. The van der Waals surface area contributed by atoms with Gasteiger partial charge in [0.05, 0.1) is 48.1 Å². The van der Waals surface area contributed by atoms with Gasteiger partial charge in [-0.25, -0.2) is 17.9 Å². The van der Waals surface area contributed by atoms with Gasteiger partial charge in [0.25, 0.3) is 0 Å². The van der Waals surface area contributed by atoms with E-state index in [1.165, 1.54) is 24.1 Å². The first-order chi connectivity index (χ1) is 22.9. The summed E-state index contributed by atoms with van der Waals surface area (Å²) in [5.74, 6) is 0.543. The van der Waals surface area contributed by atoms with Crippen molar-refractivity contribution in [3.8, 4) is 11.5 Å². The average molecular weight is 690 g/mol. The van der Waals surface area contributed by atoms with Crippen LogP contribution in [0.15, 0.2) is 58.6 Å². The van der Waals surface area contributed by atoms with Crippen molar-refractivity contribution in [3.63, 3.8) is 0 Å². The van der Waals surface area contributed by atoms with Crippen LogP contribution in [0.2, 0.25) is 0 Å². The van der Waals surface area contributed by atoms with E-state index < -0.39 is 52.1 Å². The number of amides is 1. The fourth-order valence-electron chi connectivity index (χ4n) is 6.87. The minimum atomic E-state index is -4.24. The molecule has 2 aromatic rings. The summed E-state index contributed by atoms with van der Waals surface area (Å²) >= 11 is 0. The molecule has 3 aliphatic heterocycles. The first-order valence-electron chi connectivity index (χ1n) is 16.3. The summed E-state index contributed by atoms with van der Waals surface area (Å²) in [5, 5.41) is 27.1. The number of aliphatic hydroxyl groups excluding tert-OH is 1. The van der Waals surface area contributed by atoms with Crippen molar-refractivity contribution in [2.24, 2.45) is 16.5 Å². The highest BCUT2D eigenvalue weighted by Crippen LogP contribution is 2.38. The number of nitrogens with zero attached hydrogens (tertiary/aromatic N) is 2. The Morgan fingerprint density at radius 2 is 1.83 bits per heavy atom. The quantitative estimate of drug-likeness (QED) is 0.184. The van der Waals surface area contributed by atoms with Gasteiger partial charge < -0.3 is 34.0 Å². The Hall–Kier alpha value is -3.43.